The van der Waals surface area contributed by atoms with Crippen LogP contribution in [0.15, 0.2) is 12.1 Å². The fourth-order valence-corrected chi connectivity index (χ4v) is 2.50. The van der Waals surface area contributed by atoms with Crippen molar-refractivity contribution < 1.29 is 9.53 Å². The predicted octanol–water partition coefficient (Wildman–Crippen LogP) is 1.76. The number of benzene rings is 1. The first kappa shape index (κ1) is 15.7. The van der Waals surface area contributed by atoms with Gasteiger partial charge in [-0.25, -0.2) is 0 Å². The van der Waals surface area contributed by atoms with Gasteiger partial charge in [0.25, 0.3) is 0 Å². The number of nitrogens with one attached hydrogen (secondary N) is 1. The summed E-state index contributed by atoms with van der Waals surface area (Å²) in [6.07, 6.45) is 0. The Morgan fingerprint density at radius 3 is 2.42 bits per heavy atom. The van der Waals surface area contributed by atoms with Gasteiger partial charge >= 0.3 is 0 Å². The van der Waals surface area contributed by atoms with Crippen LogP contribution in [0.5, 0.6) is 0 Å². The highest BCUT2D eigenvalue weighted by Crippen LogP contribution is 2.22. The van der Waals surface area contributed by atoms with E-state index in [-0.39, 0.29) is 12.6 Å². The minimum Gasteiger partial charge on any atom is -0.370 e. The number of ether oxygens (including phenoxy) is 1. The lowest BCUT2D eigenvalue weighted by Gasteiger charge is -2.19. The zero-order chi connectivity index (χ0) is 14.4. The van der Waals surface area contributed by atoms with Crippen LogP contribution in [-0.4, -0.2) is 25.7 Å². The number of primary amides is 1. The van der Waals surface area contributed by atoms with E-state index in [0.29, 0.717) is 13.2 Å². The molecule has 0 aromatic heterocycles. The molecule has 19 heavy (non-hydrogen) atoms. The van der Waals surface area contributed by atoms with E-state index in [1.165, 1.54) is 22.3 Å². The number of rotatable bonds is 7. The highest BCUT2D eigenvalue weighted by molar-refractivity contribution is 5.74. The SMILES string of the molecule is Cc1cc(C)c(C(C)NCCOCC(N)=O)c(C)c1. The van der Waals surface area contributed by atoms with Crippen LogP contribution >= 0.6 is 0 Å². The third kappa shape index (κ3) is 5.01. The smallest absolute Gasteiger partial charge is 0.243 e. The minimum absolute atomic E-state index is 0.0152. The number of carbonyl (C=O) groups excluding carboxylic acids is 1. The normalized spacial score (nSPS) is 12.4. The number of amides is 1. The Morgan fingerprint density at radius 2 is 1.89 bits per heavy atom. The highest BCUT2D eigenvalue weighted by atomic mass is 16.5. The zero-order valence-electron chi connectivity index (χ0n) is 12.2. The van der Waals surface area contributed by atoms with Crippen molar-refractivity contribution in [2.45, 2.75) is 33.7 Å². The summed E-state index contributed by atoms with van der Waals surface area (Å²) in [7, 11) is 0. The summed E-state index contributed by atoms with van der Waals surface area (Å²) in [5.74, 6) is -0.432. The van der Waals surface area contributed by atoms with Crippen LogP contribution in [0.25, 0.3) is 0 Å². The van der Waals surface area contributed by atoms with Crippen LogP contribution in [0.3, 0.4) is 0 Å². The van der Waals surface area contributed by atoms with Crippen molar-refractivity contribution in [3.63, 3.8) is 0 Å². The van der Waals surface area contributed by atoms with Gasteiger partial charge in [-0.3, -0.25) is 4.79 Å². The standard InChI is InChI=1S/C15H24N2O2/c1-10-7-11(2)15(12(3)8-10)13(4)17-5-6-19-9-14(16)18/h7-8,13,17H,5-6,9H2,1-4H3,(H2,16,18). The molecule has 1 amide bonds. The lowest BCUT2D eigenvalue weighted by molar-refractivity contribution is -0.122. The van der Waals surface area contributed by atoms with Crippen LogP contribution in [-0.2, 0) is 9.53 Å². The molecule has 1 aromatic rings. The molecule has 1 rings (SSSR count). The van der Waals surface area contributed by atoms with E-state index in [4.69, 9.17) is 10.5 Å². The number of nitrogens with two attached hydrogens (primary N) is 1. The largest absolute Gasteiger partial charge is 0.370 e. The van der Waals surface area contributed by atoms with Gasteiger partial charge in [0.1, 0.15) is 6.61 Å². The lowest BCUT2D eigenvalue weighted by atomic mass is 9.95. The van der Waals surface area contributed by atoms with Gasteiger partial charge in [0, 0.05) is 12.6 Å². The zero-order valence-corrected chi connectivity index (χ0v) is 12.2. The molecule has 4 nitrogen and oxygen atoms in total. The van der Waals surface area contributed by atoms with Gasteiger partial charge in [-0.15, -0.1) is 0 Å². The second-order valence-electron chi connectivity index (χ2n) is 5.01. The molecule has 0 aliphatic rings. The van der Waals surface area contributed by atoms with E-state index in [1.807, 2.05) is 0 Å². The Labute approximate surface area is 115 Å². The lowest BCUT2D eigenvalue weighted by Crippen LogP contribution is -2.26. The molecule has 0 saturated heterocycles. The van der Waals surface area contributed by atoms with E-state index >= 15 is 0 Å². The number of hydrogen-bond donors (Lipinski definition) is 2. The molecule has 106 valence electrons. The minimum atomic E-state index is -0.432. The van der Waals surface area contributed by atoms with Gasteiger partial charge in [-0.2, -0.15) is 0 Å². The quantitative estimate of drug-likeness (QED) is 0.738. The molecule has 0 spiro atoms. The number of hydrogen-bond acceptors (Lipinski definition) is 3. The van der Waals surface area contributed by atoms with Gasteiger partial charge in [-0.1, -0.05) is 17.7 Å². The predicted molar refractivity (Wildman–Crippen MR) is 77.1 cm³/mol. The average Bonchev–Trinajstić information content (AvgIpc) is 2.26. The number of carbonyl (C=O) groups is 1. The summed E-state index contributed by atoms with van der Waals surface area (Å²) < 4.78 is 5.12. The third-order valence-electron chi connectivity index (χ3n) is 3.11. The molecule has 0 aliphatic carbocycles. The van der Waals surface area contributed by atoms with E-state index in [2.05, 4.69) is 45.1 Å². The molecule has 0 fully saturated rings. The third-order valence-corrected chi connectivity index (χ3v) is 3.11. The molecule has 0 heterocycles. The van der Waals surface area contributed by atoms with Crippen molar-refractivity contribution in [3.05, 3.63) is 34.4 Å². The molecule has 1 aromatic carbocycles. The van der Waals surface area contributed by atoms with Gasteiger partial charge in [0.2, 0.25) is 5.91 Å². The topological polar surface area (TPSA) is 64.3 Å². The maximum atomic E-state index is 10.5. The Kier molecular flexibility index (Phi) is 5.99. The molecular weight excluding hydrogens is 240 g/mol. The Bertz CT molecular complexity index is 421. The van der Waals surface area contributed by atoms with Crippen molar-refractivity contribution in [1.82, 2.24) is 5.32 Å². The van der Waals surface area contributed by atoms with Crippen LogP contribution in [0, 0.1) is 20.8 Å². The average molecular weight is 264 g/mol. The monoisotopic (exact) mass is 264 g/mol. The molecule has 1 unspecified atom stereocenters. The van der Waals surface area contributed by atoms with E-state index in [1.54, 1.807) is 0 Å². The second-order valence-corrected chi connectivity index (χ2v) is 5.01. The Morgan fingerprint density at radius 1 is 1.32 bits per heavy atom. The van der Waals surface area contributed by atoms with Crippen molar-refractivity contribution in [2.75, 3.05) is 19.8 Å². The molecule has 4 heteroatoms. The molecular formula is C15H24N2O2. The van der Waals surface area contributed by atoms with Crippen molar-refractivity contribution in [3.8, 4) is 0 Å². The second kappa shape index (κ2) is 7.26. The van der Waals surface area contributed by atoms with Crippen LogP contribution < -0.4 is 11.1 Å². The maximum Gasteiger partial charge on any atom is 0.243 e. The molecule has 0 aliphatic heterocycles. The van der Waals surface area contributed by atoms with Crippen molar-refractivity contribution >= 4 is 5.91 Å². The molecule has 0 saturated carbocycles. The Hall–Kier alpha value is -1.39. The Balaban J connectivity index is 2.50. The first-order valence-corrected chi connectivity index (χ1v) is 6.59. The van der Waals surface area contributed by atoms with Crippen molar-refractivity contribution in [1.29, 1.82) is 0 Å². The molecule has 1 atom stereocenters. The fraction of sp³-hybridized carbons (Fsp3) is 0.533. The summed E-state index contributed by atoms with van der Waals surface area (Å²) in [5, 5.41) is 3.40. The molecule has 0 bridgehead atoms. The van der Waals surface area contributed by atoms with Gasteiger partial charge < -0.3 is 15.8 Å². The first-order chi connectivity index (χ1) is 8.91. The van der Waals surface area contributed by atoms with Crippen LogP contribution in [0.4, 0.5) is 0 Å². The fourth-order valence-electron chi connectivity index (χ4n) is 2.50. The molecule has 0 radical (unpaired) electrons. The van der Waals surface area contributed by atoms with Crippen LogP contribution in [0.1, 0.15) is 35.2 Å². The summed E-state index contributed by atoms with van der Waals surface area (Å²) in [6.45, 7) is 9.68. The van der Waals surface area contributed by atoms with E-state index in [9.17, 15) is 4.79 Å². The highest BCUT2D eigenvalue weighted by Gasteiger charge is 2.11. The summed E-state index contributed by atoms with van der Waals surface area (Å²) in [4.78, 5) is 10.5. The maximum absolute atomic E-state index is 10.5. The van der Waals surface area contributed by atoms with Gasteiger partial charge in [0.05, 0.1) is 6.61 Å². The summed E-state index contributed by atoms with van der Waals surface area (Å²) >= 11 is 0. The van der Waals surface area contributed by atoms with Gasteiger partial charge in [-0.05, 0) is 44.4 Å². The van der Waals surface area contributed by atoms with E-state index < -0.39 is 5.91 Å². The van der Waals surface area contributed by atoms with E-state index in [0.717, 1.165) is 0 Å². The summed E-state index contributed by atoms with van der Waals surface area (Å²) in [5.41, 5.74) is 10.2. The first-order valence-electron chi connectivity index (χ1n) is 6.59. The molecule has 3 N–H and O–H groups in total. The summed E-state index contributed by atoms with van der Waals surface area (Å²) in [6, 6.07) is 4.66. The van der Waals surface area contributed by atoms with Crippen LogP contribution in [0.2, 0.25) is 0 Å². The van der Waals surface area contributed by atoms with Crippen molar-refractivity contribution in [2.24, 2.45) is 5.73 Å². The van der Waals surface area contributed by atoms with Gasteiger partial charge in [0.15, 0.2) is 0 Å². The number of aryl methyl sites for hydroxylation is 3.